The summed E-state index contributed by atoms with van der Waals surface area (Å²) in [5.74, 6) is 0.832. The van der Waals surface area contributed by atoms with Crippen LogP contribution in [0, 0.1) is 5.92 Å². The Morgan fingerprint density at radius 2 is 1.77 bits per heavy atom. The molecule has 4 heteroatoms. The number of fused-ring (bicyclic) bond motifs is 2. The van der Waals surface area contributed by atoms with Gasteiger partial charge in [-0.05, 0) is 61.4 Å². The van der Waals surface area contributed by atoms with Gasteiger partial charge in [0.1, 0.15) is 5.54 Å². The maximum absolute atomic E-state index is 14.0. The Balaban J connectivity index is 1.23. The molecule has 0 saturated carbocycles. The lowest BCUT2D eigenvalue weighted by atomic mass is 9.85. The summed E-state index contributed by atoms with van der Waals surface area (Å²) in [6, 6.07) is 20.1. The number of hydrogen-bond acceptors (Lipinski definition) is 3. The lowest BCUT2D eigenvalue weighted by molar-refractivity contribution is -0.138. The molecule has 1 aliphatic carbocycles. The number of benzene rings is 2. The molecule has 0 N–H and O–H groups in total. The van der Waals surface area contributed by atoms with E-state index in [1.165, 1.54) is 22.1 Å². The Hall–Kier alpha value is -2.72. The molecular formula is C27H27N3O. The molecule has 3 fully saturated rings. The van der Waals surface area contributed by atoms with Crippen molar-refractivity contribution in [2.45, 2.75) is 49.7 Å². The standard InChI is InChI=1S/C27H27N3O/c31-26-27-11-5-13-30(27)24(23-10-3-8-18-9-4-12-28-25(18)23)16-21(27)17-29(26)22-14-19-6-1-2-7-20(19)15-22/h1-4,6-10,12,21-22,24H,5,11,13-17H2/t21-,24-,27-/m0/s1. The van der Waals surface area contributed by atoms with Crippen LogP contribution in [0.25, 0.3) is 10.9 Å². The highest BCUT2D eigenvalue weighted by Crippen LogP contribution is 2.57. The molecule has 0 unspecified atom stereocenters. The Morgan fingerprint density at radius 3 is 2.61 bits per heavy atom. The quantitative estimate of drug-likeness (QED) is 0.638. The number of carbonyl (C=O) groups is 1. The van der Waals surface area contributed by atoms with Gasteiger partial charge in [-0.1, -0.05) is 48.5 Å². The Labute approximate surface area is 182 Å². The van der Waals surface area contributed by atoms with Crippen molar-refractivity contribution in [3.05, 3.63) is 77.5 Å². The number of nitrogens with zero attached hydrogens (tertiary/aromatic N) is 3. The topological polar surface area (TPSA) is 36.4 Å². The lowest BCUT2D eigenvalue weighted by Crippen LogP contribution is -2.51. The minimum absolute atomic E-state index is 0.281. The minimum atomic E-state index is -0.281. The number of hydrogen-bond donors (Lipinski definition) is 0. The van der Waals surface area contributed by atoms with E-state index in [-0.39, 0.29) is 5.54 Å². The number of aromatic nitrogens is 1. The van der Waals surface area contributed by atoms with E-state index in [2.05, 4.69) is 58.3 Å². The second-order valence-corrected chi connectivity index (χ2v) is 9.88. The van der Waals surface area contributed by atoms with Crippen LogP contribution in [0.5, 0.6) is 0 Å². The molecule has 156 valence electrons. The van der Waals surface area contributed by atoms with Crippen LogP contribution < -0.4 is 0 Å². The molecule has 7 rings (SSSR count). The van der Waals surface area contributed by atoms with E-state index in [0.717, 1.165) is 50.7 Å². The van der Waals surface area contributed by atoms with Crippen LogP contribution in [0.2, 0.25) is 0 Å². The smallest absolute Gasteiger partial charge is 0.243 e. The maximum atomic E-state index is 14.0. The summed E-state index contributed by atoms with van der Waals surface area (Å²) in [6.45, 7) is 1.94. The largest absolute Gasteiger partial charge is 0.337 e. The number of amides is 1. The van der Waals surface area contributed by atoms with Crippen molar-refractivity contribution in [3.63, 3.8) is 0 Å². The molecule has 1 amide bonds. The first-order valence-corrected chi connectivity index (χ1v) is 11.7. The molecule has 4 aliphatic rings. The first-order valence-electron chi connectivity index (χ1n) is 11.7. The molecule has 3 aromatic rings. The van der Waals surface area contributed by atoms with Gasteiger partial charge in [0.2, 0.25) is 5.91 Å². The first kappa shape index (κ1) is 17.9. The van der Waals surface area contributed by atoms with Gasteiger partial charge in [0.15, 0.2) is 0 Å². The van der Waals surface area contributed by atoms with Crippen molar-refractivity contribution in [2.24, 2.45) is 5.92 Å². The molecule has 1 spiro atoms. The highest BCUT2D eigenvalue weighted by Gasteiger charge is 2.66. The predicted octanol–water partition coefficient (Wildman–Crippen LogP) is 4.14. The van der Waals surface area contributed by atoms with Crippen LogP contribution in [0.4, 0.5) is 0 Å². The number of likely N-dealkylation sites (tertiary alicyclic amines) is 1. The van der Waals surface area contributed by atoms with E-state index in [1.54, 1.807) is 0 Å². The molecular weight excluding hydrogens is 382 g/mol. The van der Waals surface area contributed by atoms with Crippen molar-refractivity contribution in [1.29, 1.82) is 0 Å². The van der Waals surface area contributed by atoms with Crippen LogP contribution in [-0.2, 0) is 17.6 Å². The van der Waals surface area contributed by atoms with Crippen molar-refractivity contribution in [2.75, 3.05) is 13.1 Å². The highest BCUT2D eigenvalue weighted by molar-refractivity contribution is 5.91. The van der Waals surface area contributed by atoms with Crippen LogP contribution in [0.1, 0.15) is 42.0 Å². The second-order valence-electron chi connectivity index (χ2n) is 9.88. The van der Waals surface area contributed by atoms with E-state index in [0.29, 0.717) is 23.9 Å². The molecule has 1 aromatic heterocycles. The van der Waals surface area contributed by atoms with Crippen molar-refractivity contribution in [3.8, 4) is 0 Å². The van der Waals surface area contributed by atoms with Gasteiger partial charge in [0.25, 0.3) is 0 Å². The molecule has 31 heavy (non-hydrogen) atoms. The van der Waals surface area contributed by atoms with Gasteiger partial charge in [0.05, 0.1) is 5.52 Å². The minimum Gasteiger partial charge on any atom is -0.337 e. The molecule has 4 heterocycles. The summed E-state index contributed by atoms with van der Waals surface area (Å²) >= 11 is 0. The Morgan fingerprint density at radius 1 is 0.968 bits per heavy atom. The van der Waals surface area contributed by atoms with E-state index >= 15 is 0 Å². The van der Waals surface area contributed by atoms with Gasteiger partial charge in [-0.15, -0.1) is 0 Å². The van der Waals surface area contributed by atoms with Crippen LogP contribution in [0.15, 0.2) is 60.8 Å². The summed E-state index contributed by atoms with van der Waals surface area (Å²) in [7, 11) is 0. The average Bonchev–Trinajstić information content (AvgIpc) is 3.54. The Bertz CT molecular complexity index is 1180. The molecule has 4 nitrogen and oxygen atoms in total. The summed E-state index contributed by atoms with van der Waals surface area (Å²) in [5, 5.41) is 1.20. The molecule has 3 saturated heterocycles. The fraction of sp³-hybridized carbons (Fsp3) is 0.407. The van der Waals surface area contributed by atoms with Gasteiger partial charge in [-0.3, -0.25) is 14.7 Å². The van der Waals surface area contributed by atoms with E-state index < -0.39 is 0 Å². The zero-order valence-corrected chi connectivity index (χ0v) is 17.7. The van der Waals surface area contributed by atoms with E-state index in [4.69, 9.17) is 4.98 Å². The molecule has 2 aromatic carbocycles. The SMILES string of the molecule is O=C1N(C2Cc3ccccc3C2)C[C@@H]2C[C@@H](c3cccc4cccnc34)N3CCC[C@@]123. The maximum Gasteiger partial charge on any atom is 0.243 e. The van der Waals surface area contributed by atoms with Gasteiger partial charge in [0, 0.05) is 36.1 Å². The van der Waals surface area contributed by atoms with Crippen molar-refractivity contribution < 1.29 is 4.79 Å². The van der Waals surface area contributed by atoms with Crippen LogP contribution in [0.3, 0.4) is 0 Å². The molecule has 3 atom stereocenters. The third kappa shape index (κ3) is 2.34. The summed E-state index contributed by atoms with van der Waals surface area (Å²) < 4.78 is 0. The third-order valence-corrected chi connectivity index (χ3v) is 8.57. The summed E-state index contributed by atoms with van der Waals surface area (Å²) in [4.78, 5) is 23.6. The van der Waals surface area contributed by atoms with Gasteiger partial charge in [-0.25, -0.2) is 0 Å². The van der Waals surface area contributed by atoms with Crippen molar-refractivity contribution >= 4 is 16.8 Å². The summed E-state index contributed by atoms with van der Waals surface area (Å²) in [6.07, 6.45) is 7.13. The number of rotatable bonds is 2. The monoisotopic (exact) mass is 409 g/mol. The van der Waals surface area contributed by atoms with E-state index in [9.17, 15) is 4.79 Å². The summed E-state index contributed by atoms with van der Waals surface area (Å²) in [5.41, 5.74) is 4.99. The second kappa shape index (κ2) is 6.39. The fourth-order valence-electron chi connectivity index (χ4n) is 7.29. The van der Waals surface area contributed by atoms with Crippen LogP contribution in [-0.4, -0.2) is 45.4 Å². The fourth-order valence-corrected chi connectivity index (χ4v) is 7.29. The average molecular weight is 410 g/mol. The Kier molecular flexibility index (Phi) is 3.69. The van der Waals surface area contributed by atoms with Gasteiger partial charge >= 0.3 is 0 Å². The lowest BCUT2D eigenvalue weighted by Gasteiger charge is -2.35. The third-order valence-electron chi connectivity index (χ3n) is 8.57. The molecule has 0 bridgehead atoms. The van der Waals surface area contributed by atoms with Crippen molar-refractivity contribution in [1.82, 2.24) is 14.8 Å². The van der Waals surface area contributed by atoms with Gasteiger partial charge < -0.3 is 4.90 Å². The zero-order chi connectivity index (χ0) is 20.6. The number of para-hydroxylation sites is 1. The normalized spacial score (nSPS) is 30.2. The van der Waals surface area contributed by atoms with Gasteiger partial charge in [-0.2, -0.15) is 0 Å². The van der Waals surface area contributed by atoms with Crippen LogP contribution >= 0.6 is 0 Å². The molecule has 0 radical (unpaired) electrons. The molecule has 3 aliphatic heterocycles. The number of carbonyl (C=O) groups excluding carboxylic acids is 1. The predicted molar refractivity (Wildman–Crippen MR) is 121 cm³/mol. The highest BCUT2D eigenvalue weighted by atomic mass is 16.2. The zero-order valence-electron chi connectivity index (χ0n) is 17.7. The first-order chi connectivity index (χ1) is 15.3. The number of pyridine rings is 1. The van der Waals surface area contributed by atoms with E-state index in [1.807, 2.05) is 12.3 Å².